The van der Waals surface area contributed by atoms with Gasteiger partial charge in [-0.1, -0.05) is 110 Å². The summed E-state index contributed by atoms with van der Waals surface area (Å²) in [5, 5.41) is 0. The Labute approximate surface area is 231 Å². The van der Waals surface area contributed by atoms with Gasteiger partial charge >= 0.3 is 19.8 Å². The number of hydrogen-bond donors (Lipinski definition) is 2. The molecule has 0 radical (unpaired) electrons. The molecule has 9 nitrogen and oxygen atoms in total. The molecule has 0 aromatic rings. The van der Waals surface area contributed by atoms with Crippen LogP contribution in [0.4, 0.5) is 0 Å². The third kappa shape index (κ3) is 25.3. The Kier molecular flexibility index (Phi) is 25.6. The van der Waals surface area contributed by atoms with Crippen molar-refractivity contribution < 1.29 is 37.6 Å². The average Bonchev–Trinajstić information content (AvgIpc) is 2.90. The van der Waals surface area contributed by atoms with Crippen LogP contribution in [-0.2, 0) is 32.7 Å². The van der Waals surface area contributed by atoms with E-state index in [4.69, 9.17) is 19.7 Å². The molecule has 0 saturated heterocycles. The van der Waals surface area contributed by atoms with E-state index in [0.29, 0.717) is 6.42 Å². The van der Waals surface area contributed by atoms with Crippen molar-refractivity contribution in [2.24, 2.45) is 5.73 Å². The van der Waals surface area contributed by atoms with Gasteiger partial charge in [-0.05, 0) is 12.8 Å². The first-order chi connectivity index (χ1) is 18.3. The molecule has 0 spiro atoms. The molecule has 0 rings (SSSR count). The number of carbonyl (C=O) groups excluding carboxylic acids is 2. The molecule has 0 fully saturated rings. The van der Waals surface area contributed by atoms with Crippen LogP contribution in [0, 0.1) is 0 Å². The van der Waals surface area contributed by atoms with E-state index in [1.165, 1.54) is 77.0 Å². The first kappa shape index (κ1) is 37.0. The Morgan fingerprint density at radius 1 is 0.684 bits per heavy atom. The smallest absolute Gasteiger partial charge is 0.462 e. The number of ether oxygens (including phenoxy) is 2. The van der Waals surface area contributed by atoms with Crippen LogP contribution in [0.15, 0.2) is 0 Å². The van der Waals surface area contributed by atoms with Crippen molar-refractivity contribution in [1.82, 2.24) is 0 Å². The van der Waals surface area contributed by atoms with E-state index in [-0.39, 0.29) is 38.6 Å². The van der Waals surface area contributed by atoms with Crippen molar-refractivity contribution in [2.75, 3.05) is 26.4 Å². The average molecular weight is 566 g/mol. The molecule has 0 aliphatic heterocycles. The number of unbranched alkanes of at least 4 members (excludes halogenated alkanes) is 15. The highest BCUT2D eigenvalue weighted by Crippen LogP contribution is 2.43. The highest BCUT2D eigenvalue weighted by Gasteiger charge is 2.25. The van der Waals surface area contributed by atoms with E-state index >= 15 is 0 Å². The van der Waals surface area contributed by atoms with Gasteiger partial charge in [0.1, 0.15) is 6.61 Å². The summed E-state index contributed by atoms with van der Waals surface area (Å²) >= 11 is 0. The third-order valence-corrected chi connectivity index (χ3v) is 7.23. The van der Waals surface area contributed by atoms with Gasteiger partial charge in [-0.25, -0.2) is 4.57 Å². The lowest BCUT2D eigenvalue weighted by molar-refractivity contribution is -0.161. The predicted octanol–water partition coefficient (Wildman–Crippen LogP) is 6.99. The molecule has 3 N–H and O–H groups in total. The number of carbonyl (C=O) groups is 2. The zero-order valence-corrected chi connectivity index (χ0v) is 25.1. The quantitative estimate of drug-likeness (QED) is 0.0585. The molecule has 0 aliphatic rings. The second kappa shape index (κ2) is 26.2. The fourth-order valence-electron chi connectivity index (χ4n) is 3.96. The Morgan fingerprint density at radius 3 is 1.66 bits per heavy atom. The van der Waals surface area contributed by atoms with E-state index in [0.717, 1.165) is 25.7 Å². The van der Waals surface area contributed by atoms with E-state index in [2.05, 4.69) is 11.4 Å². The van der Waals surface area contributed by atoms with E-state index < -0.39 is 26.5 Å². The van der Waals surface area contributed by atoms with Gasteiger partial charge in [0.15, 0.2) is 6.10 Å². The maximum Gasteiger partial charge on any atom is 0.472 e. The van der Waals surface area contributed by atoms with Crippen LogP contribution < -0.4 is 5.73 Å². The fourth-order valence-corrected chi connectivity index (χ4v) is 4.73. The van der Waals surface area contributed by atoms with Crippen molar-refractivity contribution in [3.05, 3.63) is 0 Å². The molecule has 0 heterocycles. The summed E-state index contributed by atoms with van der Waals surface area (Å²) in [7, 11) is -4.33. The predicted molar refractivity (Wildman–Crippen MR) is 151 cm³/mol. The summed E-state index contributed by atoms with van der Waals surface area (Å²) in [6.45, 7) is 3.44. The second-order valence-corrected chi connectivity index (χ2v) is 11.4. The largest absolute Gasteiger partial charge is 0.472 e. The van der Waals surface area contributed by atoms with Crippen molar-refractivity contribution in [2.45, 2.75) is 142 Å². The van der Waals surface area contributed by atoms with Gasteiger partial charge in [0.2, 0.25) is 0 Å². The first-order valence-electron chi connectivity index (χ1n) is 15.0. The van der Waals surface area contributed by atoms with Gasteiger partial charge in [0.05, 0.1) is 13.2 Å². The molecule has 0 amide bonds. The molecule has 1 unspecified atom stereocenters. The molecule has 226 valence electrons. The first-order valence-corrected chi connectivity index (χ1v) is 16.5. The molecule has 2 atom stereocenters. The summed E-state index contributed by atoms with van der Waals surface area (Å²) in [6.07, 6.45) is 19.8. The normalized spacial score (nSPS) is 13.7. The van der Waals surface area contributed by atoms with Gasteiger partial charge in [-0.3, -0.25) is 18.6 Å². The minimum Gasteiger partial charge on any atom is -0.462 e. The molecule has 0 bridgehead atoms. The van der Waals surface area contributed by atoms with Gasteiger partial charge in [0, 0.05) is 19.4 Å². The molecule has 38 heavy (non-hydrogen) atoms. The van der Waals surface area contributed by atoms with E-state index in [1.807, 2.05) is 6.92 Å². The van der Waals surface area contributed by atoms with E-state index in [9.17, 15) is 19.0 Å². The number of phosphoric ester groups is 1. The number of nitrogens with two attached hydrogens (primary N) is 1. The number of hydrogen-bond acceptors (Lipinski definition) is 8. The Bertz CT molecular complexity index is 620. The fraction of sp³-hybridized carbons (Fsp3) is 0.929. The third-order valence-electron chi connectivity index (χ3n) is 6.24. The second-order valence-electron chi connectivity index (χ2n) is 9.98. The number of rotatable bonds is 28. The topological polar surface area (TPSA) is 134 Å². The van der Waals surface area contributed by atoms with Crippen LogP contribution in [0.1, 0.15) is 136 Å². The summed E-state index contributed by atoms with van der Waals surface area (Å²) in [6, 6.07) is 0. The molecule has 0 aromatic carbocycles. The summed E-state index contributed by atoms with van der Waals surface area (Å²) in [5.74, 6) is -0.865. The Morgan fingerprint density at radius 2 is 1.16 bits per heavy atom. The van der Waals surface area contributed by atoms with Crippen molar-refractivity contribution in [3.63, 3.8) is 0 Å². The highest BCUT2D eigenvalue weighted by molar-refractivity contribution is 7.47. The van der Waals surface area contributed by atoms with E-state index in [1.54, 1.807) is 0 Å². The van der Waals surface area contributed by atoms with Crippen LogP contribution in [0.25, 0.3) is 0 Å². The minimum absolute atomic E-state index is 0.0558. The minimum atomic E-state index is -4.33. The SMILES string of the molecule is CCCCCCCCCCCCCCCCCC(=O)OC[C@H](COP(=O)(O)OCCN)OC(=O)CCCC. The molecule has 0 aromatic heterocycles. The zero-order valence-electron chi connectivity index (χ0n) is 24.2. The standard InChI is InChI=1S/C28H56NO8P/c1-3-5-7-8-9-10-11-12-13-14-15-16-17-18-19-21-27(30)34-24-26(37-28(31)20-6-4-2)25-36-38(32,33)35-23-22-29/h26H,3-25,29H2,1-2H3,(H,32,33)/t26-/m1/s1. The molecule has 0 aliphatic carbocycles. The monoisotopic (exact) mass is 565 g/mol. The number of phosphoric acid groups is 1. The zero-order chi connectivity index (χ0) is 28.3. The van der Waals surface area contributed by atoms with Gasteiger partial charge < -0.3 is 20.1 Å². The Hall–Kier alpha value is -0.990. The van der Waals surface area contributed by atoms with Crippen LogP contribution in [-0.4, -0.2) is 49.3 Å². The van der Waals surface area contributed by atoms with Gasteiger partial charge in [-0.15, -0.1) is 0 Å². The molecule has 10 heteroatoms. The van der Waals surface area contributed by atoms with Gasteiger partial charge in [0.25, 0.3) is 0 Å². The highest BCUT2D eigenvalue weighted by atomic mass is 31.2. The number of esters is 2. The Balaban J connectivity index is 3.97. The summed E-state index contributed by atoms with van der Waals surface area (Å²) < 4.78 is 31.9. The lowest BCUT2D eigenvalue weighted by Crippen LogP contribution is -2.29. The van der Waals surface area contributed by atoms with Crippen molar-refractivity contribution in [3.8, 4) is 0 Å². The summed E-state index contributed by atoms with van der Waals surface area (Å²) in [5.41, 5.74) is 5.26. The lowest BCUT2D eigenvalue weighted by Gasteiger charge is -2.19. The van der Waals surface area contributed by atoms with Crippen LogP contribution in [0.5, 0.6) is 0 Å². The van der Waals surface area contributed by atoms with Crippen LogP contribution in [0.2, 0.25) is 0 Å². The maximum absolute atomic E-state index is 12.1. The van der Waals surface area contributed by atoms with Gasteiger partial charge in [-0.2, -0.15) is 0 Å². The van der Waals surface area contributed by atoms with Crippen LogP contribution >= 0.6 is 7.82 Å². The molecular formula is C28H56NO8P. The lowest BCUT2D eigenvalue weighted by atomic mass is 10.0. The molecule has 0 saturated carbocycles. The maximum atomic E-state index is 12.1. The molecular weight excluding hydrogens is 509 g/mol. The van der Waals surface area contributed by atoms with Crippen molar-refractivity contribution >= 4 is 19.8 Å². The summed E-state index contributed by atoms with van der Waals surface area (Å²) in [4.78, 5) is 33.8. The van der Waals surface area contributed by atoms with Crippen LogP contribution in [0.3, 0.4) is 0 Å². The van der Waals surface area contributed by atoms with Crippen molar-refractivity contribution in [1.29, 1.82) is 0 Å².